The zero-order valence-corrected chi connectivity index (χ0v) is 20.6. The Morgan fingerprint density at radius 3 is 2.47 bits per heavy atom. The number of hydrogen-bond acceptors (Lipinski definition) is 5. The molecule has 2 heterocycles. The first-order chi connectivity index (χ1) is 17.3. The first-order valence-electron chi connectivity index (χ1n) is 11.8. The van der Waals surface area contributed by atoms with Crippen LogP contribution in [0.25, 0.3) is 16.7 Å². The largest absolute Gasteiger partial charge is 0.436 e. The van der Waals surface area contributed by atoms with Crippen LogP contribution >= 0.6 is 0 Å². The van der Waals surface area contributed by atoms with Gasteiger partial charge in [-0.3, -0.25) is 4.79 Å². The molecule has 0 aliphatic heterocycles. The second kappa shape index (κ2) is 9.30. The Bertz CT molecular complexity index is 1650. The van der Waals surface area contributed by atoms with E-state index in [1.807, 2.05) is 68.4 Å². The van der Waals surface area contributed by atoms with Gasteiger partial charge in [0.15, 0.2) is 0 Å². The summed E-state index contributed by atoms with van der Waals surface area (Å²) >= 11 is 0. The van der Waals surface area contributed by atoms with Crippen LogP contribution in [0.1, 0.15) is 36.5 Å². The van der Waals surface area contributed by atoms with E-state index in [1.54, 1.807) is 12.1 Å². The SMILES string of the molecule is Cc1ccc(NC(=O)Cn2nc3c(Oc4ccc(C(C)C)cc4)nc4ccccc4n3c2=O)cc1C. The van der Waals surface area contributed by atoms with Crippen LogP contribution in [0.2, 0.25) is 0 Å². The number of aryl methyl sites for hydroxylation is 2. The molecule has 1 N–H and O–H groups in total. The summed E-state index contributed by atoms with van der Waals surface area (Å²) in [4.78, 5) is 30.7. The summed E-state index contributed by atoms with van der Waals surface area (Å²) in [6, 6.07) is 20.7. The van der Waals surface area contributed by atoms with Crippen molar-refractivity contribution >= 4 is 28.3 Å². The van der Waals surface area contributed by atoms with E-state index in [1.165, 1.54) is 9.96 Å². The Balaban J connectivity index is 1.52. The van der Waals surface area contributed by atoms with Crippen molar-refractivity contribution in [2.24, 2.45) is 0 Å². The van der Waals surface area contributed by atoms with Crippen molar-refractivity contribution in [1.29, 1.82) is 0 Å². The van der Waals surface area contributed by atoms with Crippen LogP contribution in [-0.2, 0) is 11.3 Å². The lowest BCUT2D eigenvalue weighted by Crippen LogP contribution is -2.28. The third kappa shape index (κ3) is 4.45. The number of hydrogen-bond donors (Lipinski definition) is 1. The highest BCUT2D eigenvalue weighted by molar-refractivity contribution is 5.90. The molecule has 0 saturated heterocycles. The zero-order chi connectivity index (χ0) is 25.4. The minimum Gasteiger partial charge on any atom is -0.436 e. The molecule has 8 nitrogen and oxygen atoms in total. The fourth-order valence-corrected chi connectivity index (χ4v) is 4.03. The van der Waals surface area contributed by atoms with Gasteiger partial charge in [0.25, 0.3) is 5.88 Å². The summed E-state index contributed by atoms with van der Waals surface area (Å²) in [6.45, 7) is 7.99. The number of aromatic nitrogens is 4. The number of amides is 1. The van der Waals surface area contributed by atoms with E-state index in [4.69, 9.17) is 4.74 Å². The normalized spacial score (nSPS) is 11.4. The van der Waals surface area contributed by atoms with E-state index in [-0.39, 0.29) is 24.0 Å². The molecule has 0 bridgehead atoms. The summed E-state index contributed by atoms with van der Waals surface area (Å²) in [7, 11) is 0. The van der Waals surface area contributed by atoms with Gasteiger partial charge in [-0.05, 0) is 72.9 Å². The Kier molecular flexibility index (Phi) is 6.01. The molecule has 5 rings (SSSR count). The van der Waals surface area contributed by atoms with Gasteiger partial charge < -0.3 is 10.1 Å². The summed E-state index contributed by atoms with van der Waals surface area (Å²) in [5.74, 6) is 0.816. The van der Waals surface area contributed by atoms with E-state index < -0.39 is 5.69 Å². The molecule has 1 amide bonds. The predicted octanol–water partition coefficient (Wildman–Crippen LogP) is 5.22. The van der Waals surface area contributed by atoms with E-state index in [9.17, 15) is 9.59 Å². The molecule has 36 heavy (non-hydrogen) atoms. The lowest BCUT2D eigenvalue weighted by molar-refractivity contribution is -0.117. The maximum absolute atomic E-state index is 13.4. The average molecular weight is 482 g/mol. The Morgan fingerprint density at radius 2 is 1.75 bits per heavy atom. The number of anilines is 1. The van der Waals surface area contributed by atoms with Gasteiger partial charge >= 0.3 is 5.69 Å². The summed E-state index contributed by atoms with van der Waals surface area (Å²) < 4.78 is 8.65. The topological polar surface area (TPSA) is 90.5 Å². The highest BCUT2D eigenvalue weighted by Crippen LogP contribution is 2.27. The van der Waals surface area contributed by atoms with Crippen LogP contribution in [0.4, 0.5) is 5.69 Å². The molecule has 2 aromatic heterocycles. The molecule has 0 spiro atoms. The van der Waals surface area contributed by atoms with Gasteiger partial charge in [-0.1, -0.05) is 44.2 Å². The number of rotatable bonds is 6. The van der Waals surface area contributed by atoms with Gasteiger partial charge in [0.05, 0.1) is 11.0 Å². The first-order valence-corrected chi connectivity index (χ1v) is 11.8. The van der Waals surface area contributed by atoms with Gasteiger partial charge in [-0.2, -0.15) is 0 Å². The number of para-hydroxylation sites is 2. The third-order valence-electron chi connectivity index (χ3n) is 6.22. The fraction of sp³-hybridized carbons (Fsp3) is 0.214. The maximum atomic E-state index is 13.4. The standard InChI is InChI=1S/C28H27N5O3/c1-17(2)20-10-13-22(14-11-20)36-27-26-31-32(16-25(34)29-21-12-9-18(3)19(4)15-21)28(35)33(26)24-8-6-5-7-23(24)30-27/h5-15,17H,16H2,1-4H3,(H,29,34). The smallest absolute Gasteiger partial charge is 0.351 e. The van der Waals surface area contributed by atoms with Gasteiger partial charge in [-0.15, -0.1) is 5.10 Å². The lowest BCUT2D eigenvalue weighted by atomic mass is 10.0. The van der Waals surface area contributed by atoms with Crippen molar-refractivity contribution in [2.75, 3.05) is 5.32 Å². The molecular weight excluding hydrogens is 454 g/mol. The Hall–Kier alpha value is -4.46. The molecular formula is C28H27N5O3. The molecule has 0 aliphatic carbocycles. The van der Waals surface area contributed by atoms with Crippen LogP contribution in [0, 0.1) is 13.8 Å². The van der Waals surface area contributed by atoms with Crippen LogP contribution in [0.15, 0.2) is 71.5 Å². The molecule has 0 fully saturated rings. The molecule has 0 saturated carbocycles. The lowest BCUT2D eigenvalue weighted by Gasteiger charge is -2.09. The number of carbonyl (C=O) groups excluding carboxylic acids is 1. The minimum atomic E-state index is -0.446. The first kappa shape index (κ1) is 23.3. The maximum Gasteiger partial charge on any atom is 0.351 e. The van der Waals surface area contributed by atoms with Gasteiger partial charge in [-0.25, -0.2) is 18.9 Å². The number of benzene rings is 3. The van der Waals surface area contributed by atoms with E-state index in [0.29, 0.717) is 28.4 Å². The van der Waals surface area contributed by atoms with Gasteiger partial charge in [0.1, 0.15) is 12.3 Å². The van der Waals surface area contributed by atoms with Crippen molar-refractivity contribution in [1.82, 2.24) is 19.2 Å². The van der Waals surface area contributed by atoms with Crippen LogP contribution < -0.4 is 15.7 Å². The summed E-state index contributed by atoms with van der Waals surface area (Å²) in [6.07, 6.45) is 0. The average Bonchev–Trinajstić information content (AvgIpc) is 3.18. The van der Waals surface area contributed by atoms with E-state index >= 15 is 0 Å². The number of nitrogens with zero attached hydrogens (tertiary/aromatic N) is 4. The third-order valence-corrected chi connectivity index (χ3v) is 6.22. The number of carbonyl (C=O) groups is 1. The Labute approximate surface area is 208 Å². The predicted molar refractivity (Wildman–Crippen MR) is 140 cm³/mol. The van der Waals surface area contributed by atoms with Crippen molar-refractivity contribution < 1.29 is 9.53 Å². The number of fused-ring (bicyclic) bond motifs is 3. The van der Waals surface area contributed by atoms with Crippen molar-refractivity contribution in [3.63, 3.8) is 0 Å². The summed E-state index contributed by atoms with van der Waals surface area (Å²) in [5.41, 5.74) is 5.02. The van der Waals surface area contributed by atoms with Crippen LogP contribution in [-0.4, -0.2) is 25.1 Å². The molecule has 0 radical (unpaired) electrons. The molecule has 0 aliphatic rings. The molecule has 0 unspecified atom stereocenters. The highest BCUT2D eigenvalue weighted by atomic mass is 16.5. The van der Waals surface area contributed by atoms with Crippen LogP contribution in [0.3, 0.4) is 0 Å². The monoisotopic (exact) mass is 481 g/mol. The second-order valence-corrected chi connectivity index (χ2v) is 9.18. The molecule has 8 heteroatoms. The minimum absolute atomic E-state index is 0.191. The van der Waals surface area contributed by atoms with Crippen molar-refractivity contribution in [3.05, 3.63) is 93.9 Å². The second-order valence-electron chi connectivity index (χ2n) is 9.18. The van der Waals surface area contributed by atoms with Crippen molar-refractivity contribution in [2.45, 2.75) is 40.2 Å². The quantitative estimate of drug-likeness (QED) is 0.359. The van der Waals surface area contributed by atoms with Gasteiger partial charge in [0, 0.05) is 5.69 Å². The van der Waals surface area contributed by atoms with E-state index in [0.717, 1.165) is 15.8 Å². The van der Waals surface area contributed by atoms with Gasteiger partial charge in [0.2, 0.25) is 11.6 Å². The van der Waals surface area contributed by atoms with E-state index in [2.05, 4.69) is 29.2 Å². The Morgan fingerprint density at radius 1 is 1.00 bits per heavy atom. The fourth-order valence-electron chi connectivity index (χ4n) is 4.03. The number of nitrogens with one attached hydrogen (secondary N) is 1. The zero-order valence-electron chi connectivity index (χ0n) is 20.6. The molecule has 3 aromatic carbocycles. The van der Waals surface area contributed by atoms with Crippen LogP contribution in [0.5, 0.6) is 11.6 Å². The molecule has 0 atom stereocenters. The number of ether oxygens (including phenoxy) is 1. The van der Waals surface area contributed by atoms with Crippen molar-refractivity contribution in [3.8, 4) is 11.6 Å². The summed E-state index contributed by atoms with van der Waals surface area (Å²) in [5, 5.41) is 7.28. The molecule has 182 valence electrons. The highest BCUT2D eigenvalue weighted by Gasteiger charge is 2.19. The molecule has 5 aromatic rings.